The Morgan fingerprint density at radius 1 is 1.56 bits per heavy atom. The molecule has 1 aromatic rings. The number of piperidine rings is 1. The van der Waals surface area contributed by atoms with Gasteiger partial charge in [-0.2, -0.15) is 0 Å². The fraction of sp³-hybridized carbons (Fsp3) is 0.455. The number of hydrogen-bond donors (Lipinski definition) is 3. The molecule has 5 heteroatoms. The first kappa shape index (κ1) is 10.7. The Kier molecular flexibility index (Phi) is 2.94. The number of carbonyl (C=O) groups excluding carboxylic acids is 1. The molecule has 1 aliphatic heterocycles. The van der Waals surface area contributed by atoms with Crippen molar-refractivity contribution in [3.05, 3.63) is 17.8 Å². The van der Waals surface area contributed by atoms with Gasteiger partial charge in [-0.3, -0.25) is 4.79 Å². The summed E-state index contributed by atoms with van der Waals surface area (Å²) in [6.07, 6.45) is 1.42. The van der Waals surface area contributed by atoms with Gasteiger partial charge in [0.1, 0.15) is 5.82 Å². The Balaban J connectivity index is 1.98. The number of pyridine rings is 1. The highest BCUT2D eigenvalue weighted by Crippen LogP contribution is 2.14. The van der Waals surface area contributed by atoms with Crippen molar-refractivity contribution in [3.8, 4) is 0 Å². The van der Waals surface area contributed by atoms with E-state index in [1.54, 1.807) is 0 Å². The van der Waals surface area contributed by atoms with E-state index in [1.165, 1.54) is 0 Å². The zero-order valence-corrected chi connectivity index (χ0v) is 9.29. The summed E-state index contributed by atoms with van der Waals surface area (Å²) < 4.78 is 0. The topological polar surface area (TPSA) is 80.0 Å². The number of nitrogen functional groups attached to an aromatic ring is 1. The van der Waals surface area contributed by atoms with E-state index in [9.17, 15) is 4.79 Å². The number of hydrogen-bond acceptors (Lipinski definition) is 4. The van der Waals surface area contributed by atoms with E-state index in [2.05, 4.69) is 15.6 Å². The maximum atomic E-state index is 11.0. The molecule has 1 saturated heterocycles. The van der Waals surface area contributed by atoms with E-state index in [1.807, 2.05) is 19.1 Å². The lowest BCUT2D eigenvalue weighted by Gasteiger charge is -2.24. The van der Waals surface area contributed by atoms with Crippen LogP contribution in [0.15, 0.2) is 12.1 Å². The lowest BCUT2D eigenvalue weighted by Crippen LogP contribution is -2.42. The Morgan fingerprint density at radius 2 is 2.38 bits per heavy atom. The minimum atomic E-state index is 0.125. The summed E-state index contributed by atoms with van der Waals surface area (Å²) in [4.78, 5) is 15.3. The van der Waals surface area contributed by atoms with Crippen molar-refractivity contribution in [1.82, 2.24) is 10.3 Å². The number of aryl methyl sites for hydroxylation is 1. The first-order chi connectivity index (χ1) is 7.65. The van der Waals surface area contributed by atoms with Gasteiger partial charge in [0.25, 0.3) is 0 Å². The van der Waals surface area contributed by atoms with E-state index in [0.29, 0.717) is 18.7 Å². The number of amides is 1. The molecule has 0 bridgehead atoms. The molecule has 1 unspecified atom stereocenters. The van der Waals surface area contributed by atoms with Crippen LogP contribution in [0.3, 0.4) is 0 Å². The molecule has 86 valence electrons. The van der Waals surface area contributed by atoms with Crippen molar-refractivity contribution in [2.45, 2.75) is 25.8 Å². The first-order valence-corrected chi connectivity index (χ1v) is 5.41. The first-order valence-electron chi connectivity index (χ1n) is 5.41. The van der Waals surface area contributed by atoms with Gasteiger partial charge < -0.3 is 16.4 Å². The summed E-state index contributed by atoms with van der Waals surface area (Å²) >= 11 is 0. The molecular formula is C11H16N4O. The van der Waals surface area contributed by atoms with Gasteiger partial charge in [0.15, 0.2) is 0 Å². The van der Waals surface area contributed by atoms with Gasteiger partial charge >= 0.3 is 0 Å². The average Bonchev–Trinajstić information content (AvgIpc) is 2.27. The van der Waals surface area contributed by atoms with Crippen molar-refractivity contribution in [2.75, 3.05) is 17.6 Å². The van der Waals surface area contributed by atoms with Crippen LogP contribution < -0.4 is 16.4 Å². The van der Waals surface area contributed by atoms with Crippen LogP contribution in [-0.4, -0.2) is 23.5 Å². The summed E-state index contributed by atoms with van der Waals surface area (Å²) in [5.74, 6) is 0.937. The van der Waals surface area contributed by atoms with E-state index in [0.717, 1.165) is 17.9 Å². The zero-order valence-electron chi connectivity index (χ0n) is 9.29. The smallest absolute Gasteiger partial charge is 0.220 e. The number of nitrogens with one attached hydrogen (secondary N) is 2. The van der Waals surface area contributed by atoms with Gasteiger partial charge in [-0.15, -0.1) is 0 Å². The summed E-state index contributed by atoms with van der Waals surface area (Å²) in [5, 5.41) is 6.11. The van der Waals surface area contributed by atoms with E-state index in [4.69, 9.17) is 5.73 Å². The number of anilines is 2. The van der Waals surface area contributed by atoms with Crippen LogP contribution in [0.5, 0.6) is 0 Å². The zero-order chi connectivity index (χ0) is 11.5. The fourth-order valence-corrected chi connectivity index (χ4v) is 1.72. The maximum absolute atomic E-state index is 11.0. The van der Waals surface area contributed by atoms with Gasteiger partial charge in [-0.1, -0.05) is 0 Å². The van der Waals surface area contributed by atoms with Crippen molar-refractivity contribution in [3.63, 3.8) is 0 Å². The van der Waals surface area contributed by atoms with Crippen molar-refractivity contribution in [2.24, 2.45) is 0 Å². The fourth-order valence-electron chi connectivity index (χ4n) is 1.72. The second-order valence-corrected chi connectivity index (χ2v) is 4.06. The molecular weight excluding hydrogens is 204 g/mol. The minimum absolute atomic E-state index is 0.125. The number of nitrogens with zero attached hydrogens (tertiary/aromatic N) is 1. The van der Waals surface area contributed by atoms with E-state index in [-0.39, 0.29) is 11.9 Å². The van der Waals surface area contributed by atoms with Crippen LogP contribution in [0.2, 0.25) is 0 Å². The maximum Gasteiger partial charge on any atom is 0.220 e. The van der Waals surface area contributed by atoms with Crippen LogP contribution in [0.25, 0.3) is 0 Å². The van der Waals surface area contributed by atoms with Gasteiger partial charge in [0.2, 0.25) is 5.91 Å². The van der Waals surface area contributed by atoms with Crippen LogP contribution in [0.4, 0.5) is 11.5 Å². The predicted octanol–water partition coefficient (Wildman–Crippen LogP) is 0.663. The third-order valence-corrected chi connectivity index (χ3v) is 2.74. The molecule has 0 saturated carbocycles. The Hall–Kier alpha value is -1.78. The minimum Gasteiger partial charge on any atom is -0.397 e. The third kappa shape index (κ3) is 2.42. The SMILES string of the molecule is Cc1nc(NC2CCC(=O)NC2)ccc1N. The third-order valence-electron chi connectivity index (χ3n) is 2.74. The summed E-state index contributed by atoms with van der Waals surface area (Å²) in [7, 11) is 0. The van der Waals surface area contributed by atoms with Crippen LogP contribution in [0, 0.1) is 6.92 Å². The highest BCUT2D eigenvalue weighted by molar-refractivity contribution is 5.77. The van der Waals surface area contributed by atoms with Gasteiger partial charge in [0.05, 0.1) is 11.4 Å². The van der Waals surface area contributed by atoms with Gasteiger partial charge in [-0.05, 0) is 25.5 Å². The lowest BCUT2D eigenvalue weighted by molar-refractivity contribution is -0.122. The molecule has 0 aliphatic carbocycles. The molecule has 2 heterocycles. The number of carbonyl (C=O) groups is 1. The van der Waals surface area contributed by atoms with Gasteiger partial charge in [-0.25, -0.2) is 4.98 Å². The monoisotopic (exact) mass is 220 g/mol. The molecule has 4 N–H and O–H groups in total. The molecule has 0 aromatic carbocycles. The molecule has 5 nitrogen and oxygen atoms in total. The Morgan fingerprint density at radius 3 is 3.00 bits per heavy atom. The molecule has 2 rings (SSSR count). The summed E-state index contributed by atoms with van der Waals surface area (Å²) in [5.41, 5.74) is 7.21. The van der Waals surface area contributed by atoms with Crippen LogP contribution in [-0.2, 0) is 4.79 Å². The van der Waals surface area contributed by atoms with Crippen molar-refractivity contribution < 1.29 is 4.79 Å². The van der Waals surface area contributed by atoms with Crippen molar-refractivity contribution >= 4 is 17.4 Å². The highest BCUT2D eigenvalue weighted by Gasteiger charge is 2.17. The standard InChI is InChI=1S/C11H16N4O/c1-7-9(12)3-4-10(14-7)15-8-2-5-11(16)13-6-8/h3-4,8H,2,5-6,12H2,1H3,(H,13,16)(H,14,15). The Bertz CT molecular complexity index is 395. The molecule has 1 aromatic heterocycles. The predicted molar refractivity (Wildman–Crippen MR) is 63.0 cm³/mol. The molecule has 16 heavy (non-hydrogen) atoms. The molecule has 0 spiro atoms. The largest absolute Gasteiger partial charge is 0.397 e. The average molecular weight is 220 g/mol. The number of aromatic nitrogens is 1. The van der Waals surface area contributed by atoms with E-state index >= 15 is 0 Å². The van der Waals surface area contributed by atoms with Crippen LogP contribution >= 0.6 is 0 Å². The normalized spacial score (nSPS) is 20.3. The number of rotatable bonds is 2. The molecule has 1 atom stereocenters. The molecule has 1 fully saturated rings. The van der Waals surface area contributed by atoms with Crippen molar-refractivity contribution in [1.29, 1.82) is 0 Å². The van der Waals surface area contributed by atoms with Crippen LogP contribution in [0.1, 0.15) is 18.5 Å². The summed E-state index contributed by atoms with van der Waals surface area (Å²) in [6, 6.07) is 3.96. The second kappa shape index (κ2) is 4.38. The summed E-state index contributed by atoms with van der Waals surface area (Å²) in [6.45, 7) is 2.53. The molecule has 1 amide bonds. The molecule has 1 aliphatic rings. The molecule has 0 radical (unpaired) electrons. The highest BCUT2D eigenvalue weighted by atomic mass is 16.1. The second-order valence-electron chi connectivity index (χ2n) is 4.06. The van der Waals surface area contributed by atoms with E-state index < -0.39 is 0 Å². The number of nitrogens with two attached hydrogens (primary N) is 1. The lowest BCUT2D eigenvalue weighted by atomic mass is 10.1. The quantitative estimate of drug-likeness (QED) is 0.684. The van der Waals surface area contributed by atoms with Gasteiger partial charge in [0, 0.05) is 19.0 Å². The Labute approximate surface area is 94.4 Å².